The topological polar surface area (TPSA) is 114 Å². The Hall–Kier alpha value is -3.16. The number of furan rings is 1. The van der Waals surface area contributed by atoms with Crippen molar-refractivity contribution in [3.63, 3.8) is 0 Å². The molecule has 1 fully saturated rings. The van der Waals surface area contributed by atoms with Crippen molar-refractivity contribution in [2.75, 3.05) is 6.54 Å². The highest BCUT2D eigenvalue weighted by atomic mass is 16.6. The van der Waals surface area contributed by atoms with Crippen molar-refractivity contribution in [3.8, 4) is 0 Å². The normalized spacial score (nSPS) is 20.0. The number of hydrogen-bond acceptors (Lipinski definition) is 5. The molecule has 0 saturated carbocycles. The third-order valence-corrected chi connectivity index (χ3v) is 4.62. The van der Waals surface area contributed by atoms with Crippen LogP contribution in [0.1, 0.15) is 52.3 Å². The van der Waals surface area contributed by atoms with Crippen molar-refractivity contribution in [1.82, 2.24) is 4.90 Å². The summed E-state index contributed by atoms with van der Waals surface area (Å²) >= 11 is 0. The first kappa shape index (κ1) is 17.7. The zero-order valence-electron chi connectivity index (χ0n) is 14.1. The van der Waals surface area contributed by atoms with Crippen molar-refractivity contribution in [2.45, 2.75) is 25.8 Å². The van der Waals surface area contributed by atoms with Crippen LogP contribution in [-0.4, -0.2) is 33.4 Å². The molecule has 8 heteroatoms. The first-order valence-corrected chi connectivity index (χ1v) is 8.24. The molecule has 1 amide bonds. The van der Waals surface area contributed by atoms with Crippen molar-refractivity contribution in [1.29, 1.82) is 0 Å². The number of carboxylic acid groups (broad SMARTS) is 1. The van der Waals surface area contributed by atoms with Crippen LogP contribution in [0.25, 0.3) is 0 Å². The van der Waals surface area contributed by atoms with Gasteiger partial charge in [-0.15, -0.1) is 0 Å². The molecule has 3 rings (SSSR count). The second-order valence-electron chi connectivity index (χ2n) is 6.49. The van der Waals surface area contributed by atoms with Crippen LogP contribution >= 0.6 is 0 Å². The lowest BCUT2D eigenvalue weighted by atomic mass is 9.90. The molecule has 2 atom stereocenters. The molecule has 1 N–H and O–H groups in total. The fraction of sp³-hybridized carbons (Fsp3) is 0.333. The summed E-state index contributed by atoms with van der Waals surface area (Å²) in [5.74, 6) is -0.718. The van der Waals surface area contributed by atoms with E-state index in [1.54, 1.807) is 17.0 Å². The van der Waals surface area contributed by atoms with Gasteiger partial charge in [-0.3, -0.25) is 14.9 Å². The number of nitrogens with zero attached hydrogens (tertiary/aromatic N) is 2. The highest BCUT2D eigenvalue weighted by molar-refractivity contribution is 5.98. The first-order valence-electron chi connectivity index (χ1n) is 8.24. The smallest absolute Gasteiger partial charge is 0.335 e. The minimum Gasteiger partial charge on any atom is -0.478 e. The van der Waals surface area contributed by atoms with Gasteiger partial charge in [-0.25, -0.2) is 4.79 Å². The van der Waals surface area contributed by atoms with Gasteiger partial charge in [0.15, 0.2) is 0 Å². The summed E-state index contributed by atoms with van der Waals surface area (Å²) in [5, 5.41) is 20.3. The van der Waals surface area contributed by atoms with Gasteiger partial charge in [0.05, 0.1) is 22.8 Å². The third-order valence-electron chi connectivity index (χ3n) is 4.62. The van der Waals surface area contributed by atoms with E-state index in [1.807, 2.05) is 0 Å². The molecule has 1 aliphatic heterocycles. The number of nitro benzene ring substituents is 1. The summed E-state index contributed by atoms with van der Waals surface area (Å²) in [4.78, 5) is 36.3. The lowest BCUT2D eigenvalue weighted by molar-refractivity contribution is -0.384. The molecule has 0 radical (unpaired) electrons. The molecule has 8 nitrogen and oxygen atoms in total. The van der Waals surface area contributed by atoms with Gasteiger partial charge >= 0.3 is 5.97 Å². The molecule has 2 heterocycles. The quantitative estimate of drug-likeness (QED) is 0.661. The van der Waals surface area contributed by atoms with Crippen LogP contribution in [0.5, 0.6) is 0 Å². The van der Waals surface area contributed by atoms with Crippen molar-refractivity contribution < 1.29 is 24.0 Å². The van der Waals surface area contributed by atoms with Crippen molar-refractivity contribution in [3.05, 3.63) is 63.6 Å². The van der Waals surface area contributed by atoms with Crippen molar-refractivity contribution in [2.24, 2.45) is 5.92 Å². The molecule has 1 aliphatic rings. The molecule has 1 saturated heterocycles. The van der Waals surface area contributed by atoms with Gasteiger partial charge in [-0.1, -0.05) is 6.92 Å². The van der Waals surface area contributed by atoms with Gasteiger partial charge in [-0.05, 0) is 37.0 Å². The molecule has 1 aromatic carbocycles. The van der Waals surface area contributed by atoms with Gasteiger partial charge in [-0.2, -0.15) is 0 Å². The van der Waals surface area contributed by atoms with E-state index in [2.05, 4.69) is 6.92 Å². The summed E-state index contributed by atoms with van der Waals surface area (Å²) in [6, 6.07) is 6.49. The first-order chi connectivity index (χ1) is 12.4. The van der Waals surface area contributed by atoms with Gasteiger partial charge in [0, 0.05) is 24.2 Å². The molecule has 2 unspecified atom stereocenters. The van der Waals surface area contributed by atoms with E-state index >= 15 is 0 Å². The average molecular weight is 358 g/mol. The predicted molar refractivity (Wildman–Crippen MR) is 90.9 cm³/mol. The predicted octanol–water partition coefficient (Wildman–Crippen LogP) is 3.50. The van der Waals surface area contributed by atoms with Crippen LogP contribution in [0.15, 0.2) is 41.0 Å². The van der Waals surface area contributed by atoms with E-state index in [-0.39, 0.29) is 17.2 Å². The average Bonchev–Trinajstić information content (AvgIpc) is 3.15. The van der Waals surface area contributed by atoms with Gasteiger partial charge in [0.2, 0.25) is 0 Å². The Morgan fingerprint density at radius 2 is 2.04 bits per heavy atom. The summed E-state index contributed by atoms with van der Waals surface area (Å²) in [6.45, 7) is 2.56. The number of non-ortho nitro benzene ring substituents is 1. The fourth-order valence-corrected chi connectivity index (χ4v) is 3.26. The van der Waals surface area contributed by atoms with E-state index in [0.29, 0.717) is 24.6 Å². The molecule has 1 aromatic heterocycles. The minimum atomic E-state index is -1.32. The number of likely N-dealkylation sites (tertiary alicyclic amines) is 1. The maximum absolute atomic E-state index is 13.0. The monoisotopic (exact) mass is 358 g/mol. The molecular formula is C18H18N2O6. The molecule has 26 heavy (non-hydrogen) atoms. The number of carbonyl (C=O) groups is 2. The van der Waals surface area contributed by atoms with Crippen LogP contribution < -0.4 is 0 Å². The molecule has 2 aromatic rings. The Kier molecular flexibility index (Phi) is 4.75. The summed E-state index contributed by atoms with van der Waals surface area (Å²) in [6.07, 6.45) is 3.04. The molecular weight excluding hydrogens is 340 g/mol. The number of carbonyl (C=O) groups excluding carboxylic acids is 1. The van der Waals surface area contributed by atoms with Crippen molar-refractivity contribution >= 4 is 17.6 Å². The van der Waals surface area contributed by atoms with Crippen LogP contribution in [0.2, 0.25) is 0 Å². The second-order valence-corrected chi connectivity index (χ2v) is 6.49. The molecule has 0 aliphatic carbocycles. The number of piperidine rings is 1. The number of benzene rings is 1. The summed E-state index contributed by atoms with van der Waals surface area (Å²) in [5.41, 5.74) is -0.724. The highest BCUT2D eigenvalue weighted by Crippen LogP contribution is 2.35. The Bertz CT molecular complexity index is 813. The number of rotatable bonds is 4. The summed E-state index contributed by atoms with van der Waals surface area (Å²) in [7, 11) is 0. The number of amides is 1. The fourth-order valence-electron chi connectivity index (χ4n) is 3.26. The second kappa shape index (κ2) is 6.99. The lowest BCUT2D eigenvalue weighted by Crippen LogP contribution is -2.40. The van der Waals surface area contributed by atoms with Gasteiger partial charge in [0.25, 0.3) is 11.6 Å². The maximum Gasteiger partial charge on any atom is 0.335 e. The maximum atomic E-state index is 13.0. The number of hydrogen-bond donors (Lipinski definition) is 1. The van der Waals surface area contributed by atoms with Crippen LogP contribution in [0, 0.1) is 16.0 Å². The minimum absolute atomic E-state index is 0.0114. The van der Waals surface area contributed by atoms with E-state index in [4.69, 9.17) is 4.42 Å². The number of nitro groups is 1. The van der Waals surface area contributed by atoms with E-state index < -0.39 is 22.5 Å². The number of carboxylic acids is 1. The molecule has 0 spiro atoms. The van der Waals surface area contributed by atoms with Gasteiger partial charge in [0.1, 0.15) is 5.76 Å². The Balaban J connectivity index is 1.99. The Labute approximate surface area is 149 Å². The molecule has 0 bridgehead atoms. The van der Waals surface area contributed by atoms with E-state index in [9.17, 15) is 24.8 Å². The van der Waals surface area contributed by atoms with Gasteiger partial charge < -0.3 is 14.4 Å². The third kappa shape index (κ3) is 3.44. The zero-order valence-corrected chi connectivity index (χ0v) is 14.1. The Morgan fingerprint density at radius 1 is 1.31 bits per heavy atom. The molecule has 136 valence electrons. The van der Waals surface area contributed by atoms with Crippen LogP contribution in [-0.2, 0) is 0 Å². The van der Waals surface area contributed by atoms with Crippen LogP contribution in [0.4, 0.5) is 5.69 Å². The zero-order chi connectivity index (χ0) is 18.8. The standard InChI is InChI=1S/C18H18N2O6/c1-11-4-5-19(15(7-11)16-3-2-6-26-16)17(21)12-8-13(18(22)23)10-14(9-12)20(24)25/h2-3,6,8-11,15H,4-5,7H2,1H3,(H,22,23). The van der Waals surface area contributed by atoms with E-state index in [1.165, 1.54) is 12.3 Å². The lowest BCUT2D eigenvalue weighted by Gasteiger charge is -2.37. The van der Waals surface area contributed by atoms with E-state index in [0.717, 1.165) is 18.6 Å². The summed E-state index contributed by atoms with van der Waals surface area (Å²) < 4.78 is 5.47. The van der Waals surface area contributed by atoms with Crippen LogP contribution in [0.3, 0.4) is 0 Å². The highest BCUT2D eigenvalue weighted by Gasteiger charge is 2.34. The SMILES string of the molecule is CC1CCN(C(=O)c2cc(C(=O)O)cc([N+](=O)[O-])c2)C(c2ccco2)C1. The largest absolute Gasteiger partial charge is 0.478 e. The Morgan fingerprint density at radius 3 is 2.65 bits per heavy atom. The number of aromatic carboxylic acids is 1.